The number of rotatable bonds is 8. The molecule has 0 saturated heterocycles. The Balaban J connectivity index is 2.02. The van der Waals surface area contributed by atoms with Crippen molar-refractivity contribution in [2.45, 2.75) is 26.4 Å². The van der Waals surface area contributed by atoms with Crippen LogP contribution in [0.15, 0.2) is 48.7 Å². The van der Waals surface area contributed by atoms with E-state index in [-0.39, 0.29) is 5.91 Å². The zero-order valence-electron chi connectivity index (χ0n) is 13.4. The maximum Gasteiger partial charge on any atom is 0.219 e. The maximum atomic E-state index is 11.8. The third kappa shape index (κ3) is 4.74. The highest BCUT2D eigenvalue weighted by Gasteiger charge is 2.11. The molecule has 1 amide bonds. The summed E-state index contributed by atoms with van der Waals surface area (Å²) >= 11 is 0. The van der Waals surface area contributed by atoms with Gasteiger partial charge in [0.2, 0.25) is 5.91 Å². The van der Waals surface area contributed by atoms with Gasteiger partial charge in [-0.2, -0.15) is 0 Å². The van der Waals surface area contributed by atoms with Crippen LogP contribution in [0, 0.1) is 0 Å². The molecule has 1 aromatic carbocycles. The average molecular weight is 300 g/mol. The van der Waals surface area contributed by atoms with Crippen molar-refractivity contribution >= 4 is 5.91 Å². The van der Waals surface area contributed by atoms with E-state index in [2.05, 4.69) is 29.0 Å². The molecule has 0 bridgehead atoms. The van der Waals surface area contributed by atoms with Gasteiger partial charge < -0.3 is 14.2 Å². The summed E-state index contributed by atoms with van der Waals surface area (Å²) in [5, 5.41) is 0. The van der Waals surface area contributed by atoms with E-state index in [1.165, 1.54) is 5.56 Å². The molecule has 0 fully saturated rings. The Morgan fingerprint density at radius 2 is 1.95 bits per heavy atom. The smallest absolute Gasteiger partial charge is 0.219 e. The van der Waals surface area contributed by atoms with Gasteiger partial charge in [-0.1, -0.05) is 30.3 Å². The van der Waals surface area contributed by atoms with E-state index in [0.29, 0.717) is 13.2 Å². The van der Waals surface area contributed by atoms with E-state index in [1.54, 1.807) is 14.0 Å². The van der Waals surface area contributed by atoms with Gasteiger partial charge in [-0.3, -0.25) is 4.79 Å². The van der Waals surface area contributed by atoms with Crippen LogP contribution >= 0.6 is 0 Å². The molecule has 1 aromatic heterocycles. The fraction of sp³-hybridized carbons (Fsp3) is 0.389. The molecule has 4 nitrogen and oxygen atoms in total. The van der Waals surface area contributed by atoms with Crippen LogP contribution in [-0.4, -0.2) is 35.6 Å². The summed E-state index contributed by atoms with van der Waals surface area (Å²) in [5.74, 6) is 0.101. The van der Waals surface area contributed by atoms with Crippen LogP contribution in [0.25, 0.3) is 0 Å². The summed E-state index contributed by atoms with van der Waals surface area (Å²) in [4.78, 5) is 13.7. The molecule has 0 saturated carbocycles. The minimum Gasteiger partial charge on any atom is -0.385 e. The molecule has 0 atom stereocenters. The normalized spacial score (nSPS) is 10.6. The fourth-order valence-electron chi connectivity index (χ4n) is 2.47. The number of carbonyl (C=O) groups excluding carboxylic acids is 1. The molecule has 22 heavy (non-hydrogen) atoms. The van der Waals surface area contributed by atoms with Gasteiger partial charge in [0, 0.05) is 45.6 Å². The van der Waals surface area contributed by atoms with Gasteiger partial charge in [0.1, 0.15) is 0 Å². The van der Waals surface area contributed by atoms with Gasteiger partial charge in [0.15, 0.2) is 0 Å². The Morgan fingerprint density at radius 3 is 2.64 bits per heavy atom. The predicted octanol–water partition coefficient (Wildman–Crippen LogP) is 2.92. The van der Waals surface area contributed by atoms with Crippen molar-refractivity contribution in [3.05, 3.63) is 59.9 Å². The summed E-state index contributed by atoms with van der Waals surface area (Å²) in [6.45, 7) is 4.48. The van der Waals surface area contributed by atoms with Crippen molar-refractivity contribution in [2.24, 2.45) is 0 Å². The maximum absolute atomic E-state index is 11.8. The average Bonchev–Trinajstić information content (AvgIpc) is 2.94. The van der Waals surface area contributed by atoms with Crippen molar-refractivity contribution in [1.29, 1.82) is 0 Å². The highest BCUT2D eigenvalue weighted by molar-refractivity contribution is 5.73. The minimum atomic E-state index is 0.101. The van der Waals surface area contributed by atoms with Crippen molar-refractivity contribution in [1.82, 2.24) is 9.47 Å². The summed E-state index contributed by atoms with van der Waals surface area (Å²) in [7, 11) is 1.68. The van der Waals surface area contributed by atoms with E-state index in [0.717, 1.165) is 25.2 Å². The molecular weight excluding hydrogens is 276 g/mol. The predicted molar refractivity (Wildman–Crippen MR) is 87.6 cm³/mol. The lowest BCUT2D eigenvalue weighted by atomic mass is 10.2. The summed E-state index contributed by atoms with van der Waals surface area (Å²) in [5.41, 5.74) is 2.41. The number of hydrogen-bond donors (Lipinski definition) is 0. The van der Waals surface area contributed by atoms with Gasteiger partial charge in [-0.25, -0.2) is 0 Å². The first-order valence-electron chi connectivity index (χ1n) is 7.63. The van der Waals surface area contributed by atoms with Crippen LogP contribution < -0.4 is 0 Å². The van der Waals surface area contributed by atoms with Crippen molar-refractivity contribution in [2.75, 3.05) is 20.3 Å². The topological polar surface area (TPSA) is 34.5 Å². The van der Waals surface area contributed by atoms with E-state index < -0.39 is 0 Å². The molecule has 2 rings (SSSR count). The number of aromatic nitrogens is 1. The molecule has 0 N–H and O–H groups in total. The lowest BCUT2D eigenvalue weighted by molar-refractivity contribution is -0.129. The number of carbonyl (C=O) groups is 1. The monoisotopic (exact) mass is 300 g/mol. The van der Waals surface area contributed by atoms with Gasteiger partial charge in [-0.15, -0.1) is 0 Å². The molecule has 0 radical (unpaired) electrons. The number of hydrogen-bond acceptors (Lipinski definition) is 2. The van der Waals surface area contributed by atoms with Gasteiger partial charge >= 0.3 is 0 Å². The Kier molecular flexibility index (Phi) is 6.22. The molecule has 2 aromatic rings. The van der Waals surface area contributed by atoms with E-state index in [1.807, 2.05) is 29.2 Å². The van der Waals surface area contributed by atoms with Crippen molar-refractivity contribution in [3.63, 3.8) is 0 Å². The molecule has 118 valence electrons. The first kappa shape index (κ1) is 16.3. The number of ether oxygens (including phenoxy) is 1. The van der Waals surface area contributed by atoms with Crippen LogP contribution in [0.5, 0.6) is 0 Å². The molecule has 0 spiro atoms. The van der Waals surface area contributed by atoms with E-state index in [4.69, 9.17) is 4.74 Å². The zero-order chi connectivity index (χ0) is 15.8. The molecule has 4 heteroatoms. The summed E-state index contributed by atoms with van der Waals surface area (Å²) < 4.78 is 7.26. The standard InChI is InChI=1S/C18H24N2O2/c1-16(21)19(12-7-13-22-2)15-18-10-6-11-20(18)14-17-8-4-3-5-9-17/h3-6,8-11H,7,12-15H2,1-2H3. The SMILES string of the molecule is COCCCN(Cc1cccn1Cc1ccccc1)C(C)=O. The molecule has 0 aliphatic rings. The first-order chi connectivity index (χ1) is 10.7. The van der Waals surface area contributed by atoms with Crippen LogP contribution in [0.2, 0.25) is 0 Å². The van der Waals surface area contributed by atoms with Crippen molar-refractivity contribution < 1.29 is 9.53 Å². The number of benzene rings is 1. The van der Waals surface area contributed by atoms with Crippen LogP contribution in [0.3, 0.4) is 0 Å². The molecule has 0 aliphatic heterocycles. The number of amides is 1. The largest absolute Gasteiger partial charge is 0.385 e. The highest BCUT2D eigenvalue weighted by atomic mass is 16.5. The molecular formula is C18H24N2O2. The summed E-state index contributed by atoms with van der Waals surface area (Å²) in [6.07, 6.45) is 2.92. The second kappa shape index (κ2) is 8.39. The van der Waals surface area contributed by atoms with Gasteiger partial charge in [-0.05, 0) is 24.1 Å². The Labute approximate surface area is 132 Å². The Bertz CT molecular complexity index is 578. The first-order valence-corrected chi connectivity index (χ1v) is 7.63. The van der Waals surface area contributed by atoms with Gasteiger partial charge in [0.25, 0.3) is 0 Å². The number of nitrogens with zero attached hydrogens (tertiary/aromatic N) is 2. The molecule has 0 unspecified atom stereocenters. The van der Waals surface area contributed by atoms with Crippen molar-refractivity contribution in [3.8, 4) is 0 Å². The van der Waals surface area contributed by atoms with E-state index >= 15 is 0 Å². The third-order valence-corrected chi connectivity index (χ3v) is 3.69. The number of methoxy groups -OCH3 is 1. The summed E-state index contributed by atoms with van der Waals surface area (Å²) in [6, 6.07) is 14.5. The van der Waals surface area contributed by atoms with Crippen LogP contribution in [0.4, 0.5) is 0 Å². The van der Waals surface area contributed by atoms with E-state index in [9.17, 15) is 4.79 Å². The Hall–Kier alpha value is -2.07. The zero-order valence-corrected chi connectivity index (χ0v) is 13.4. The third-order valence-electron chi connectivity index (χ3n) is 3.69. The highest BCUT2D eigenvalue weighted by Crippen LogP contribution is 2.11. The lowest BCUT2D eigenvalue weighted by Gasteiger charge is -2.22. The quantitative estimate of drug-likeness (QED) is 0.703. The molecule has 0 aliphatic carbocycles. The second-order valence-corrected chi connectivity index (χ2v) is 5.40. The fourth-order valence-corrected chi connectivity index (χ4v) is 2.47. The Morgan fingerprint density at radius 1 is 1.18 bits per heavy atom. The second-order valence-electron chi connectivity index (χ2n) is 5.40. The lowest BCUT2D eigenvalue weighted by Crippen LogP contribution is -2.30. The van der Waals surface area contributed by atoms with Gasteiger partial charge in [0.05, 0.1) is 6.54 Å². The molecule has 1 heterocycles. The van der Waals surface area contributed by atoms with Crippen LogP contribution in [-0.2, 0) is 22.6 Å². The minimum absolute atomic E-state index is 0.101. The van der Waals surface area contributed by atoms with Crippen LogP contribution in [0.1, 0.15) is 24.6 Å².